The molecule has 1 aromatic carbocycles. The van der Waals surface area contributed by atoms with Crippen molar-refractivity contribution < 1.29 is 4.74 Å². The zero-order valence-electron chi connectivity index (χ0n) is 15.9. The van der Waals surface area contributed by atoms with Crippen molar-refractivity contribution in [1.82, 2.24) is 10.7 Å². The molecule has 0 spiro atoms. The molecule has 144 valence electrons. The van der Waals surface area contributed by atoms with E-state index < -0.39 is 0 Å². The highest BCUT2D eigenvalue weighted by Crippen LogP contribution is 2.35. The number of hydrogen-bond acceptors (Lipinski definition) is 4. The Hall–Kier alpha value is -1.26. The van der Waals surface area contributed by atoms with Gasteiger partial charge in [0.25, 0.3) is 0 Å². The zero-order valence-corrected chi connectivity index (χ0v) is 16.7. The van der Waals surface area contributed by atoms with Crippen LogP contribution in [0, 0.1) is 5.92 Å². The molecular weight excluding hydrogens is 346 g/mol. The van der Waals surface area contributed by atoms with Gasteiger partial charge in [0.1, 0.15) is 5.75 Å². The van der Waals surface area contributed by atoms with E-state index in [4.69, 9.17) is 16.3 Å². The summed E-state index contributed by atoms with van der Waals surface area (Å²) in [6.45, 7) is 5.00. The first-order valence-corrected chi connectivity index (χ1v) is 10.6. The van der Waals surface area contributed by atoms with Crippen LogP contribution in [0.4, 0.5) is 0 Å². The van der Waals surface area contributed by atoms with Gasteiger partial charge in [0, 0.05) is 36.2 Å². The minimum atomic E-state index is 0.169. The van der Waals surface area contributed by atoms with E-state index in [9.17, 15) is 0 Å². The van der Waals surface area contributed by atoms with Gasteiger partial charge in [0.05, 0.1) is 12.6 Å². The van der Waals surface area contributed by atoms with Crippen molar-refractivity contribution in [3.8, 4) is 5.75 Å². The Labute approximate surface area is 162 Å². The summed E-state index contributed by atoms with van der Waals surface area (Å²) in [7, 11) is 0. The number of rotatable bonds is 10. The van der Waals surface area contributed by atoms with Gasteiger partial charge in [-0.15, -0.1) is 0 Å². The average molecular weight is 378 g/mol. The monoisotopic (exact) mass is 377 g/mol. The van der Waals surface area contributed by atoms with Crippen LogP contribution in [0.1, 0.15) is 69.9 Å². The van der Waals surface area contributed by atoms with Crippen LogP contribution in [-0.2, 0) is 0 Å². The maximum atomic E-state index is 6.56. The van der Waals surface area contributed by atoms with Crippen molar-refractivity contribution in [2.24, 2.45) is 11.0 Å². The maximum Gasteiger partial charge on any atom is 0.120 e. The molecule has 1 aromatic rings. The number of halogens is 1. The molecule has 2 aliphatic rings. The van der Waals surface area contributed by atoms with Gasteiger partial charge in [-0.2, -0.15) is 5.10 Å². The SMILES string of the molecule is CCCCCCCCCOc1ccc(C2NN=C3CCNCC32)c(Cl)c1. The fourth-order valence-corrected chi connectivity index (χ4v) is 4.14. The number of nitrogens with zero attached hydrogens (tertiary/aromatic N) is 1. The number of hydrazone groups is 1. The van der Waals surface area contributed by atoms with E-state index in [1.54, 1.807) is 0 Å². The molecule has 1 saturated heterocycles. The molecule has 3 rings (SSSR count). The Morgan fingerprint density at radius 1 is 1.15 bits per heavy atom. The Kier molecular flexibility index (Phi) is 7.63. The number of nitrogens with one attached hydrogen (secondary N) is 2. The normalized spacial score (nSPS) is 21.8. The van der Waals surface area contributed by atoms with Crippen molar-refractivity contribution in [2.75, 3.05) is 19.7 Å². The smallest absolute Gasteiger partial charge is 0.120 e. The molecule has 26 heavy (non-hydrogen) atoms. The zero-order chi connectivity index (χ0) is 18.2. The van der Waals surface area contributed by atoms with Crippen LogP contribution in [-0.4, -0.2) is 25.4 Å². The maximum absolute atomic E-state index is 6.56. The molecule has 0 aromatic heterocycles. The Balaban J connectivity index is 1.43. The van der Waals surface area contributed by atoms with Crippen LogP contribution in [0.5, 0.6) is 5.75 Å². The van der Waals surface area contributed by atoms with E-state index >= 15 is 0 Å². The molecule has 0 aliphatic carbocycles. The first kappa shape index (κ1) is 19.5. The summed E-state index contributed by atoms with van der Waals surface area (Å²) in [6.07, 6.45) is 10.1. The lowest BCUT2D eigenvalue weighted by atomic mass is 9.87. The van der Waals surface area contributed by atoms with E-state index in [1.165, 1.54) is 44.2 Å². The van der Waals surface area contributed by atoms with E-state index in [-0.39, 0.29) is 6.04 Å². The highest BCUT2D eigenvalue weighted by atomic mass is 35.5. The summed E-state index contributed by atoms with van der Waals surface area (Å²) in [5, 5.41) is 8.73. The second kappa shape index (κ2) is 10.2. The van der Waals surface area contributed by atoms with E-state index in [0.717, 1.165) is 48.9 Å². The van der Waals surface area contributed by atoms with E-state index in [0.29, 0.717) is 5.92 Å². The summed E-state index contributed by atoms with van der Waals surface area (Å²) < 4.78 is 5.89. The van der Waals surface area contributed by atoms with Gasteiger partial charge in [0.2, 0.25) is 0 Å². The summed E-state index contributed by atoms with van der Waals surface area (Å²) >= 11 is 6.56. The molecule has 2 unspecified atom stereocenters. The molecule has 0 bridgehead atoms. The van der Waals surface area contributed by atoms with Gasteiger partial charge in [-0.3, -0.25) is 0 Å². The van der Waals surface area contributed by atoms with Crippen molar-refractivity contribution in [3.63, 3.8) is 0 Å². The van der Waals surface area contributed by atoms with E-state index in [1.807, 2.05) is 12.1 Å². The number of ether oxygens (including phenoxy) is 1. The number of benzene rings is 1. The van der Waals surface area contributed by atoms with Crippen LogP contribution in [0.15, 0.2) is 23.3 Å². The number of hydrogen-bond donors (Lipinski definition) is 2. The van der Waals surface area contributed by atoms with Crippen molar-refractivity contribution >= 4 is 17.3 Å². The first-order chi connectivity index (χ1) is 12.8. The molecule has 5 heteroatoms. The van der Waals surface area contributed by atoms with Gasteiger partial charge in [-0.05, 0) is 24.1 Å². The molecule has 2 aliphatic heterocycles. The third-order valence-electron chi connectivity index (χ3n) is 5.42. The minimum absolute atomic E-state index is 0.169. The Morgan fingerprint density at radius 3 is 2.77 bits per heavy atom. The van der Waals surface area contributed by atoms with Gasteiger partial charge in [0.15, 0.2) is 0 Å². The molecular formula is C21H32ClN3O. The van der Waals surface area contributed by atoms with Crippen LogP contribution < -0.4 is 15.5 Å². The molecule has 4 nitrogen and oxygen atoms in total. The predicted octanol–water partition coefficient (Wildman–Crippen LogP) is 5.08. The Morgan fingerprint density at radius 2 is 1.96 bits per heavy atom. The van der Waals surface area contributed by atoms with Gasteiger partial charge < -0.3 is 15.5 Å². The number of fused-ring (bicyclic) bond motifs is 1. The third kappa shape index (κ3) is 5.14. The lowest BCUT2D eigenvalue weighted by Gasteiger charge is -2.26. The largest absolute Gasteiger partial charge is 0.494 e. The van der Waals surface area contributed by atoms with Gasteiger partial charge >= 0.3 is 0 Å². The summed E-state index contributed by atoms with van der Waals surface area (Å²) in [4.78, 5) is 0. The van der Waals surface area contributed by atoms with Crippen molar-refractivity contribution in [3.05, 3.63) is 28.8 Å². The Bertz CT molecular complexity index is 605. The molecule has 0 amide bonds. The quantitative estimate of drug-likeness (QED) is 0.559. The predicted molar refractivity (Wildman–Crippen MR) is 109 cm³/mol. The van der Waals surface area contributed by atoms with Crippen LogP contribution in [0.3, 0.4) is 0 Å². The lowest BCUT2D eigenvalue weighted by molar-refractivity contribution is 0.304. The third-order valence-corrected chi connectivity index (χ3v) is 5.75. The number of piperidine rings is 1. The minimum Gasteiger partial charge on any atom is -0.494 e. The fraction of sp³-hybridized carbons (Fsp3) is 0.667. The average Bonchev–Trinajstić information content (AvgIpc) is 3.08. The molecule has 0 saturated carbocycles. The summed E-state index contributed by atoms with van der Waals surface area (Å²) in [6, 6.07) is 6.25. The summed E-state index contributed by atoms with van der Waals surface area (Å²) in [5.74, 6) is 1.27. The van der Waals surface area contributed by atoms with Crippen molar-refractivity contribution in [2.45, 2.75) is 64.3 Å². The van der Waals surface area contributed by atoms with Gasteiger partial charge in [-0.25, -0.2) is 0 Å². The van der Waals surface area contributed by atoms with Gasteiger partial charge in [-0.1, -0.05) is 63.1 Å². The standard InChI is InChI=1S/C21H32ClN3O/c1-2-3-4-5-6-7-8-13-26-16-9-10-17(19(22)14-16)21-18-15-23-12-11-20(18)24-25-21/h9-10,14,18,21,23,25H,2-8,11-13,15H2,1H3. The molecule has 2 heterocycles. The van der Waals surface area contributed by atoms with E-state index in [2.05, 4.69) is 28.8 Å². The first-order valence-electron chi connectivity index (χ1n) is 10.2. The topological polar surface area (TPSA) is 45.6 Å². The second-order valence-corrected chi connectivity index (χ2v) is 7.83. The molecule has 2 N–H and O–H groups in total. The fourth-order valence-electron chi connectivity index (χ4n) is 3.85. The number of unbranched alkanes of at least 4 members (excludes halogenated alkanes) is 6. The van der Waals surface area contributed by atoms with Crippen LogP contribution in [0.25, 0.3) is 0 Å². The molecule has 0 radical (unpaired) electrons. The molecule has 1 fully saturated rings. The second-order valence-electron chi connectivity index (χ2n) is 7.42. The van der Waals surface area contributed by atoms with Crippen LogP contribution >= 0.6 is 11.6 Å². The highest BCUT2D eigenvalue weighted by molar-refractivity contribution is 6.31. The van der Waals surface area contributed by atoms with Crippen molar-refractivity contribution in [1.29, 1.82) is 0 Å². The summed E-state index contributed by atoms with van der Waals surface area (Å²) in [5.41, 5.74) is 5.66. The van der Waals surface area contributed by atoms with Crippen LogP contribution in [0.2, 0.25) is 5.02 Å². The lowest BCUT2D eigenvalue weighted by Crippen LogP contribution is -2.38. The molecule has 2 atom stereocenters. The highest BCUT2D eigenvalue weighted by Gasteiger charge is 2.35.